The molecule has 1 saturated heterocycles. The SMILES string of the molecule is CN(C)CC1CCN(c2cc(Br)cc(C#N)c2)CC1. The number of piperidine rings is 1. The second kappa shape index (κ2) is 6.40. The summed E-state index contributed by atoms with van der Waals surface area (Å²) in [7, 11) is 4.28. The number of halogens is 1. The highest BCUT2D eigenvalue weighted by molar-refractivity contribution is 9.10. The van der Waals surface area contributed by atoms with E-state index in [9.17, 15) is 0 Å². The second-order valence-electron chi connectivity index (χ2n) is 5.50. The quantitative estimate of drug-likeness (QED) is 0.857. The van der Waals surface area contributed by atoms with Crippen molar-refractivity contribution in [1.82, 2.24) is 4.90 Å². The van der Waals surface area contributed by atoms with E-state index in [0.29, 0.717) is 0 Å². The van der Waals surface area contributed by atoms with Crippen molar-refractivity contribution in [1.29, 1.82) is 5.26 Å². The van der Waals surface area contributed by atoms with Gasteiger partial charge in [0, 0.05) is 29.8 Å². The van der Waals surface area contributed by atoms with E-state index in [1.165, 1.54) is 19.4 Å². The van der Waals surface area contributed by atoms with Crippen molar-refractivity contribution < 1.29 is 0 Å². The molecule has 19 heavy (non-hydrogen) atoms. The van der Waals surface area contributed by atoms with E-state index in [2.05, 4.69) is 52.0 Å². The van der Waals surface area contributed by atoms with Crippen molar-refractivity contribution in [3.8, 4) is 6.07 Å². The van der Waals surface area contributed by atoms with Crippen LogP contribution in [0.3, 0.4) is 0 Å². The molecule has 1 fully saturated rings. The van der Waals surface area contributed by atoms with Gasteiger partial charge in [-0.25, -0.2) is 0 Å². The number of nitriles is 1. The smallest absolute Gasteiger partial charge is 0.0992 e. The number of hydrogen-bond donors (Lipinski definition) is 0. The van der Waals surface area contributed by atoms with Crippen molar-refractivity contribution in [3.63, 3.8) is 0 Å². The number of benzene rings is 1. The summed E-state index contributed by atoms with van der Waals surface area (Å²) in [5.41, 5.74) is 1.88. The van der Waals surface area contributed by atoms with Crippen LogP contribution in [0.25, 0.3) is 0 Å². The lowest BCUT2D eigenvalue weighted by atomic mass is 9.96. The number of anilines is 1. The highest BCUT2D eigenvalue weighted by atomic mass is 79.9. The minimum atomic E-state index is 0.722. The maximum Gasteiger partial charge on any atom is 0.0992 e. The summed E-state index contributed by atoms with van der Waals surface area (Å²) in [4.78, 5) is 4.66. The zero-order valence-electron chi connectivity index (χ0n) is 11.6. The Kier molecular flexibility index (Phi) is 4.84. The molecule has 1 aromatic rings. The maximum atomic E-state index is 9.03. The third-order valence-corrected chi connectivity index (χ3v) is 4.07. The first-order valence-electron chi connectivity index (χ1n) is 6.69. The molecule has 0 N–H and O–H groups in total. The Morgan fingerprint density at radius 1 is 1.32 bits per heavy atom. The summed E-state index contributed by atoms with van der Waals surface area (Å²) in [5.74, 6) is 0.800. The molecule has 1 heterocycles. The predicted octanol–water partition coefficient (Wildman–Crippen LogP) is 3.10. The average molecular weight is 322 g/mol. The van der Waals surface area contributed by atoms with Gasteiger partial charge in [-0.3, -0.25) is 0 Å². The first kappa shape index (κ1) is 14.4. The summed E-state index contributed by atoms with van der Waals surface area (Å²) in [5, 5.41) is 9.03. The van der Waals surface area contributed by atoms with Gasteiger partial charge in [0.1, 0.15) is 0 Å². The van der Waals surface area contributed by atoms with E-state index < -0.39 is 0 Å². The number of rotatable bonds is 3. The summed E-state index contributed by atoms with van der Waals surface area (Å²) < 4.78 is 0.983. The van der Waals surface area contributed by atoms with Gasteiger partial charge in [0.2, 0.25) is 0 Å². The first-order valence-corrected chi connectivity index (χ1v) is 7.48. The van der Waals surface area contributed by atoms with Gasteiger partial charge in [0.15, 0.2) is 0 Å². The molecule has 0 aromatic heterocycles. The summed E-state index contributed by atoms with van der Waals surface area (Å²) >= 11 is 3.48. The molecule has 3 nitrogen and oxygen atoms in total. The van der Waals surface area contributed by atoms with Gasteiger partial charge in [-0.05, 0) is 51.1 Å². The molecule has 0 aliphatic carbocycles. The summed E-state index contributed by atoms with van der Waals surface area (Å²) in [6.07, 6.45) is 2.46. The van der Waals surface area contributed by atoms with Gasteiger partial charge >= 0.3 is 0 Å². The Morgan fingerprint density at radius 2 is 2.00 bits per heavy atom. The third-order valence-electron chi connectivity index (χ3n) is 3.61. The first-order chi connectivity index (χ1) is 9.08. The second-order valence-corrected chi connectivity index (χ2v) is 6.42. The van der Waals surface area contributed by atoms with Crippen LogP contribution in [0.1, 0.15) is 18.4 Å². The molecule has 0 saturated carbocycles. The fourth-order valence-corrected chi connectivity index (χ4v) is 3.19. The molecule has 0 radical (unpaired) electrons. The molecule has 0 spiro atoms. The molecule has 0 atom stereocenters. The van der Waals surface area contributed by atoms with Crippen LogP contribution in [0, 0.1) is 17.2 Å². The molecule has 1 aliphatic rings. The van der Waals surface area contributed by atoms with Crippen LogP contribution < -0.4 is 4.90 Å². The lowest BCUT2D eigenvalue weighted by Gasteiger charge is -2.34. The fourth-order valence-electron chi connectivity index (χ4n) is 2.71. The Bertz CT molecular complexity index is 471. The normalized spacial score (nSPS) is 16.7. The van der Waals surface area contributed by atoms with Crippen molar-refractivity contribution >= 4 is 21.6 Å². The van der Waals surface area contributed by atoms with E-state index in [1.807, 2.05) is 12.1 Å². The molecule has 0 bridgehead atoms. The van der Waals surface area contributed by atoms with E-state index >= 15 is 0 Å². The maximum absolute atomic E-state index is 9.03. The zero-order chi connectivity index (χ0) is 13.8. The summed E-state index contributed by atoms with van der Waals surface area (Å²) in [6.45, 7) is 3.34. The molecule has 1 aromatic carbocycles. The molecular weight excluding hydrogens is 302 g/mol. The average Bonchev–Trinajstić information content (AvgIpc) is 2.38. The highest BCUT2D eigenvalue weighted by Crippen LogP contribution is 2.27. The third kappa shape index (κ3) is 3.95. The van der Waals surface area contributed by atoms with E-state index in [-0.39, 0.29) is 0 Å². The van der Waals surface area contributed by atoms with Crippen LogP contribution in [0.15, 0.2) is 22.7 Å². The van der Waals surface area contributed by atoms with E-state index in [1.54, 1.807) is 0 Å². The zero-order valence-corrected chi connectivity index (χ0v) is 13.2. The topological polar surface area (TPSA) is 30.3 Å². The van der Waals surface area contributed by atoms with Gasteiger partial charge in [0.05, 0.1) is 11.6 Å². The van der Waals surface area contributed by atoms with Crippen LogP contribution in [-0.2, 0) is 0 Å². The van der Waals surface area contributed by atoms with E-state index in [4.69, 9.17) is 5.26 Å². The predicted molar refractivity (Wildman–Crippen MR) is 82.3 cm³/mol. The van der Waals surface area contributed by atoms with Crippen LogP contribution in [0.4, 0.5) is 5.69 Å². The van der Waals surface area contributed by atoms with Crippen molar-refractivity contribution in [2.24, 2.45) is 5.92 Å². The monoisotopic (exact) mass is 321 g/mol. The molecule has 4 heteroatoms. The molecule has 0 amide bonds. The largest absolute Gasteiger partial charge is 0.371 e. The molecule has 0 unspecified atom stereocenters. The van der Waals surface area contributed by atoms with Crippen molar-refractivity contribution in [2.45, 2.75) is 12.8 Å². The molecule has 102 valence electrons. The van der Waals surface area contributed by atoms with Crippen LogP contribution in [0.2, 0.25) is 0 Å². The Hall–Kier alpha value is -1.05. The van der Waals surface area contributed by atoms with Crippen LogP contribution >= 0.6 is 15.9 Å². The van der Waals surface area contributed by atoms with Gasteiger partial charge in [-0.1, -0.05) is 15.9 Å². The van der Waals surface area contributed by atoms with Gasteiger partial charge in [0.25, 0.3) is 0 Å². The van der Waals surface area contributed by atoms with Gasteiger partial charge in [-0.2, -0.15) is 5.26 Å². The highest BCUT2D eigenvalue weighted by Gasteiger charge is 2.20. The number of hydrogen-bond acceptors (Lipinski definition) is 3. The standard InChI is InChI=1S/C15H20BrN3/c1-18(2)11-12-3-5-19(6-4-12)15-8-13(10-17)7-14(16)9-15/h7-9,12H,3-6,11H2,1-2H3. The van der Waals surface area contributed by atoms with Crippen molar-refractivity contribution in [3.05, 3.63) is 28.2 Å². The fraction of sp³-hybridized carbons (Fsp3) is 0.533. The molecule has 2 rings (SSSR count). The molecular formula is C15H20BrN3. The number of nitrogens with zero attached hydrogens (tertiary/aromatic N) is 3. The lowest BCUT2D eigenvalue weighted by Crippen LogP contribution is -2.37. The Balaban J connectivity index is 2.02. The van der Waals surface area contributed by atoms with Crippen LogP contribution in [0.5, 0.6) is 0 Å². The minimum absolute atomic E-state index is 0.722. The van der Waals surface area contributed by atoms with E-state index in [0.717, 1.165) is 34.7 Å². The van der Waals surface area contributed by atoms with Crippen molar-refractivity contribution in [2.75, 3.05) is 38.6 Å². The van der Waals surface area contributed by atoms with Crippen LogP contribution in [-0.4, -0.2) is 38.6 Å². The Labute approximate surface area is 123 Å². The Morgan fingerprint density at radius 3 is 2.58 bits per heavy atom. The summed E-state index contributed by atoms with van der Waals surface area (Å²) in [6, 6.07) is 8.17. The van der Waals surface area contributed by atoms with Gasteiger partial charge < -0.3 is 9.80 Å². The van der Waals surface area contributed by atoms with Gasteiger partial charge in [-0.15, -0.1) is 0 Å². The minimum Gasteiger partial charge on any atom is -0.371 e. The lowest BCUT2D eigenvalue weighted by molar-refractivity contribution is 0.285. The molecule has 1 aliphatic heterocycles.